The summed E-state index contributed by atoms with van der Waals surface area (Å²) in [5, 5.41) is 0. The molecule has 4 heteroatoms. The minimum absolute atomic E-state index is 0.0151. The third kappa shape index (κ3) is 2.89. The van der Waals surface area contributed by atoms with Gasteiger partial charge in [0.2, 0.25) is 0 Å². The summed E-state index contributed by atoms with van der Waals surface area (Å²) < 4.78 is 14.7. The SMILES string of the molecule is CCCn1c(-c2ccc(F)cc2)ccc(CS)c1=O. The summed E-state index contributed by atoms with van der Waals surface area (Å²) in [6.45, 7) is 2.67. The highest BCUT2D eigenvalue weighted by Gasteiger charge is 2.09. The summed E-state index contributed by atoms with van der Waals surface area (Å²) in [6, 6.07) is 9.88. The Morgan fingerprint density at radius 2 is 1.84 bits per heavy atom. The summed E-state index contributed by atoms with van der Waals surface area (Å²) in [6.07, 6.45) is 0.865. The first-order valence-electron chi connectivity index (χ1n) is 6.27. The molecule has 1 aromatic heterocycles. The molecule has 2 aromatic rings. The quantitative estimate of drug-likeness (QED) is 0.849. The Hall–Kier alpha value is -1.55. The van der Waals surface area contributed by atoms with E-state index in [0.717, 1.165) is 17.7 Å². The molecule has 0 aliphatic rings. The first-order valence-corrected chi connectivity index (χ1v) is 6.90. The van der Waals surface area contributed by atoms with Gasteiger partial charge in [0.05, 0.1) is 5.69 Å². The van der Waals surface area contributed by atoms with Gasteiger partial charge in [0.1, 0.15) is 5.82 Å². The first-order chi connectivity index (χ1) is 9.17. The Morgan fingerprint density at radius 1 is 1.16 bits per heavy atom. The van der Waals surface area contributed by atoms with Crippen LogP contribution in [0.1, 0.15) is 18.9 Å². The van der Waals surface area contributed by atoms with Gasteiger partial charge in [-0.05, 0) is 42.3 Å². The predicted molar refractivity (Wildman–Crippen MR) is 79.1 cm³/mol. The Morgan fingerprint density at radius 3 is 2.42 bits per heavy atom. The third-order valence-corrected chi connectivity index (χ3v) is 3.35. The lowest BCUT2D eigenvalue weighted by molar-refractivity contribution is 0.627. The Balaban J connectivity index is 2.59. The van der Waals surface area contributed by atoms with Crippen LogP contribution in [-0.2, 0) is 12.3 Å². The van der Waals surface area contributed by atoms with Crippen LogP contribution < -0.4 is 5.56 Å². The van der Waals surface area contributed by atoms with Crippen molar-refractivity contribution in [1.82, 2.24) is 4.57 Å². The lowest BCUT2D eigenvalue weighted by Gasteiger charge is -2.13. The van der Waals surface area contributed by atoms with E-state index in [1.165, 1.54) is 12.1 Å². The second-order valence-corrected chi connectivity index (χ2v) is 4.68. The Bertz CT molecular complexity index is 619. The smallest absolute Gasteiger partial charge is 0.255 e. The second-order valence-electron chi connectivity index (χ2n) is 4.37. The van der Waals surface area contributed by atoms with Crippen LogP contribution in [0.5, 0.6) is 0 Å². The van der Waals surface area contributed by atoms with E-state index in [4.69, 9.17) is 0 Å². The van der Waals surface area contributed by atoms with Gasteiger partial charge in [-0.25, -0.2) is 4.39 Å². The number of nitrogens with zero attached hydrogens (tertiary/aromatic N) is 1. The van der Waals surface area contributed by atoms with Gasteiger partial charge < -0.3 is 4.57 Å². The second kappa shape index (κ2) is 6.06. The number of halogens is 1. The first kappa shape index (κ1) is 13.9. The van der Waals surface area contributed by atoms with Gasteiger partial charge in [0.25, 0.3) is 5.56 Å². The van der Waals surface area contributed by atoms with Crippen LogP contribution in [0, 0.1) is 5.82 Å². The molecule has 0 saturated carbocycles. The van der Waals surface area contributed by atoms with Crippen molar-refractivity contribution in [2.45, 2.75) is 25.6 Å². The molecule has 0 atom stereocenters. The van der Waals surface area contributed by atoms with E-state index in [0.29, 0.717) is 17.9 Å². The summed E-state index contributed by atoms with van der Waals surface area (Å²) in [4.78, 5) is 12.3. The highest BCUT2D eigenvalue weighted by Crippen LogP contribution is 2.19. The van der Waals surface area contributed by atoms with E-state index in [2.05, 4.69) is 12.6 Å². The zero-order valence-corrected chi connectivity index (χ0v) is 11.7. The topological polar surface area (TPSA) is 22.0 Å². The molecule has 2 nitrogen and oxygen atoms in total. The minimum Gasteiger partial charge on any atom is -0.308 e. The van der Waals surface area contributed by atoms with Crippen LogP contribution in [0.4, 0.5) is 4.39 Å². The molecule has 2 rings (SSSR count). The van der Waals surface area contributed by atoms with Crippen LogP contribution in [-0.4, -0.2) is 4.57 Å². The number of rotatable bonds is 4. The lowest BCUT2D eigenvalue weighted by atomic mass is 10.1. The van der Waals surface area contributed by atoms with Gasteiger partial charge in [0, 0.05) is 17.9 Å². The molecule has 19 heavy (non-hydrogen) atoms. The molecule has 0 spiro atoms. The van der Waals surface area contributed by atoms with Gasteiger partial charge in [-0.15, -0.1) is 0 Å². The van der Waals surface area contributed by atoms with Gasteiger partial charge in [-0.1, -0.05) is 13.0 Å². The van der Waals surface area contributed by atoms with Crippen LogP contribution >= 0.6 is 12.6 Å². The third-order valence-electron chi connectivity index (χ3n) is 3.01. The van der Waals surface area contributed by atoms with Crippen molar-refractivity contribution in [1.29, 1.82) is 0 Å². The Kier molecular flexibility index (Phi) is 4.43. The largest absolute Gasteiger partial charge is 0.308 e. The van der Waals surface area contributed by atoms with Crippen LogP contribution in [0.15, 0.2) is 41.2 Å². The molecule has 0 aliphatic heterocycles. The highest BCUT2D eigenvalue weighted by atomic mass is 32.1. The van der Waals surface area contributed by atoms with Crippen molar-refractivity contribution in [3.63, 3.8) is 0 Å². The number of thiol groups is 1. The molecule has 0 fully saturated rings. The van der Waals surface area contributed by atoms with Crippen molar-refractivity contribution >= 4 is 12.6 Å². The maximum atomic E-state index is 13.0. The zero-order chi connectivity index (χ0) is 13.8. The molecule has 0 bridgehead atoms. The fraction of sp³-hybridized carbons (Fsp3) is 0.267. The molecule has 0 N–H and O–H groups in total. The summed E-state index contributed by atoms with van der Waals surface area (Å²) >= 11 is 4.17. The fourth-order valence-electron chi connectivity index (χ4n) is 2.06. The molecular formula is C15H16FNOS. The van der Waals surface area contributed by atoms with Crippen LogP contribution in [0.3, 0.4) is 0 Å². The molecular weight excluding hydrogens is 261 g/mol. The molecule has 0 unspecified atom stereocenters. The average molecular weight is 277 g/mol. The number of hydrogen-bond acceptors (Lipinski definition) is 2. The van der Waals surface area contributed by atoms with Gasteiger partial charge in [-0.2, -0.15) is 12.6 Å². The monoisotopic (exact) mass is 277 g/mol. The molecule has 100 valence electrons. The van der Waals surface area contributed by atoms with Crippen molar-refractivity contribution in [2.75, 3.05) is 0 Å². The summed E-state index contributed by atoms with van der Waals surface area (Å²) in [5.74, 6) is 0.145. The number of pyridine rings is 1. The molecule has 0 radical (unpaired) electrons. The fourth-order valence-corrected chi connectivity index (χ4v) is 2.30. The molecule has 0 aliphatic carbocycles. The summed E-state index contributed by atoms with van der Waals surface area (Å²) in [7, 11) is 0. The normalized spacial score (nSPS) is 10.7. The molecule has 1 heterocycles. The van der Waals surface area contributed by atoms with Crippen molar-refractivity contribution in [3.8, 4) is 11.3 Å². The summed E-state index contributed by atoms with van der Waals surface area (Å²) in [5.41, 5.74) is 2.33. The maximum absolute atomic E-state index is 13.0. The Labute approximate surface area is 117 Å². The van der Waals surface area contributed by atoms with Crippen molar-refractivity contribution < 1.29 is 4.39 Å². The van der Waals surface area contributed by atoms with Gasteiger partial charge in [-0.3, -0.25) is 4.79 Å². The molecule has 0 amide bonds. The minimum atomic E-state index is -0.278. The number of aromatic nitrogens is 1. The zero-order valence-electron chi connectivity index (χ0n) is 10.8. The van der Waals surface area contributed by atoms with Crippen LogP contribution in [0.25, 0.3) is 11.3 Å². The van der Waals surface area contributed by atoms with E-state index in [1.54, 1.807) is 22.8 Å². The van der Waals surface area contributed by atoms with E-state index in [-0.39, 0.29) is 11.4 Å². The van der Waals surface area contributed by atoms with Crippen molar-refractivity contribution in [3.05, 3.63) is 58.1 Å². The predicted octanol–water partition coefficient (Wildman–Crippen LogP) is 3.49. The maximum Gasteiger partial charge on any atom is 0.255 e. The lowest BCUT2D eigenvalue weighted by Crippen LogP contribution is -2.24. The van der Waals surface area contributed by atoms with E-state index in [9.17, 15) is 9.18 Å². The molecule has 0 saturated heterocycles. The highest BCUT2D eigenvalue weighted by molar-refractivity contribution is 7.79. The van der Waals surface area contributed by atoms with E-state index < -0.39 is 0 Å². The standard InChI is InChI=1S/C15H16FNOS/c1-2-9-17-14(8-5-12(10-19)15(17)18)11-3-6-13(16)7-4-11/h3-8,19H,2,9-10H2,1H3. The number of hydrogen-bond donors (Lipinski definition) is 1. The van der Waals surface area contributed by atoms with E-state index >= 15 is 0 Å². The average Bonchev–Trinajstić information content (AvgIpc) is 2.42. The van der Waals surface area contributed by atoms with Gasteiger partial charge in [0.15, 0.2) is 0 Å². The van der Waals surface area contributed by atoms with Crippen molar-refractivity contribution in [2.24, 2.45) is 0 Å². The van der Waals surface area contributed by atoms with E-state index in [1.807, 2.05) is 13.0 Å². The van der Waals surface area contributed by atoms with Crippen LogP contribution in [0.2, 0.25) is 0 Å². The van der Waals surface area contributed by atoms with Gasteiger partial charge >= 0.3 is 0 Å². The number of benzene rings is 1. The molecule has 1 aromatic carbocycles.